The number of piperazine rings is 1. The number of carbonyl (C=O) groups excluding carboxylic acids is 2. The van der Waals surface area contributed by atoms with Crippen molar-refractivity contribution in [1.82, 2.24) is 29.5 Å². The summed E-state index contributed by atoms with van der Waals surface area (Å²) in [6, 6.07) is 12.3. The van der Waals surface area contributed by atoms with Crippen LogP contribution in [0.15, 0.2) is 60.2 Å². The summed E-state index contributed by atoms with van der Waals surface area (Å²) in [4.78, 5) is 35.8. The van der Waals surface area contributed by atoms with Crippen molar-refractivity contribution in [3.05, 3.63) is 82.2 Å². The van der Waals surface area contributed by atoms with Crippen molar-refractivity contribution >= 4 is 34.1 Å². The quantitative estimate of drug-likeness (QED) is 0.418. The minimum atomic E-state index is -0.259. The van der Waals surface area contributed by atoms with Crippen LogP contribution >= 0.6 is 11.3 Å². The van der Waals surface area contributed by atoms with Crippen LogP contribution in [0, 0.1) is 5.82 Å². The van der Waals surface area contributed by atoms with E-state index >= 15 is 0 Å². The van der Waals surface area contributed by atoms with Gasteiger partial charge >= 0.3 is 0 Å². The fourth-order valence-electron chi connectivity index (χ4n) is 4.85. The molecule has 2 saturated heterocycles. The van der Waals surface area contributed by atoms with E-state index in [4.69, 9.17) is 0 Å². The summed E-state index contributed by atoms with van der Waals surface area (Å²) in [6.07, 6.45) is 3.59. The molecule has 0 radical (unpaired) electrons. The van der Waals surface area contributed by atoms with E-state index in [9.17, 15) is 14.0 Å². The lowest BCUT2D eigenvalue weighted by atomic mass is 10.0. The van der Waals surface area contributed by atoms with Gasteiger partial charge in [0.25, 0.3) is 11.8 Å². The first-order valence-corrected chi connectivity index (χ1v) is 12.9. The molecule has 0 bridgehead atoms. The summed E-state index contributed by atoms with van der Waals surface area (Å²) in [5, 5.41) is 7.93. The summed E-state index contributed by atoms with van der Waals surface area (Å²) in [7, 11) is 0. The first-order chi connectivity index (χ1) is 17.5. The SMILES string of the molecule is O=C(c1ccc2cn(Cc3ccc(F)cc3)nc2c1)N1CC(N2CCN(C(=O)c3nccs3)CC2)C1. The van der Waals surface area contributed by atoms with Gasteiger partial charge in [0.2, 0.25) is 0 Å². The number of benzene rings is 2. The highest BCUT2D eigenvalue weighted by atomic mass is 32.1. The van der Waals surface area contributed by atoms with Gasteiger partial charge in [-0.3, -0.25) is 19.2 Å². The molecule has 2 fully saturated rings. The molecular formula is C26H25FN6O2S. The number of aromatic nitrogens is 3. The van der Waals surface area contributed by atoms with Crippen LogP contribution in [0.4, 0.5) is 4.39 Å². The lowest BCUT2D eigenvalue weighted by Gasteiger charge is -2.48. The Morgan fingerprint density at radius 2 is 1.75 bits per heavy atom. The number of halogens is 1. The molecule has 0 aliphatic carbocycles. The Hall–Kier alpha value is -3.63. The van der Waals surface area contributed by atoms with E-state index < -0.39 is 0 Å². The highest BCUT2D eigenvalue weighted by molar-refractivity contribution is 7.11. The Kier molecular flexibility index (Phi) is 5.98. The van der Waals surface area contributed by atoms with E-state index in [-0.39, 0.29) is 17.6 Å². The second-order valence-electron chi connectivity index (χ2n) is 9.26. The number of hydrogen-bond donors (Lipinski definition) is 0. The Morgan fingerprint density at radius 1 is 0.972 bits per heavy atom. The average Bonchev–Trinajstić information content (AvgIpc) is 3.54. The number of amides is 2. The Balaban J connectivity index is 1.03. The predicted octanol–water partition coefficient (Wildman–Crippen LogP) is 2.96. The topological polar surface area (TPSA) is 74.6 Å². The molecule has 6 rings (SSSR count). The molecule has 0 atom stereocenters. The van der Waals surface area contributed by atoms with Gasteiger partial charge in [-0.05, 0) is 29.8 Å². The Bertz CT molecular complexity index is 1390. The minimum absolute atomic E-state index is 0.00515. The third-order valence-corrected chi connectivity index (χ3v) is 7.70. The van der Waals surface area contributed by atoms with Crippen LogP contribution < -0.4 is 0 Å². The molecule has 10 heteroatoms. The lowest BCUT2D eigenvalue weighted by molar-refractivity contribution is 0.00854. The molecule has 2 aliphatic heterocycles. The molecule has 2 aromatic carbocycles. The maximum Gasteiger partial charge on any atom is 0.282 e. The van der Waals surface area contributed by atoms with Gasteiger partial charge in [0.1, 0.15) is 5.82 Å². The third kappa shape index (κ3) is 4.49. The summed E-state index contributed by atoms with van der Waals surface area (Å²) in [6.45, 7) is 4.89. The second-order valence-corrected chi connectivity index (χ2v) is 10.2. The van der Waals surface area contributed by atoms with E-state index in [1.807, 2.05) is 44.3 Å². The number of rotatable bonds is 5. The molecule has 0 saturated carbocycles. The standard InChI is InChI=1S/C26H25FN6O2S/c27-21-5-1-18(2-6-21)14-33-15-20-4-3-19(13-23(20)29-33)25(34)32-16-22(17-32)30-8-10-31(11-9-30)26(35)24-28-7-12-36-24/h1-7,12-13,15,22H,8-11,14,16-17H2. The first kappa shape index (κ1) is 22.8. The van der Waals surface area contributed by atoms with Crippen LogP contribution in [-0.4, -0.2) is 86.6 Å². The number of thiazole rings is 1. The van der Waals surface area contributed by atoms with Crippen molar-refractivity contribution in [2.24, 2.45) is 0 Å². The molecule has 0 spiro atoms. The number of likely N-dealkylation sites (tertiary alicyclic amines) is 1. The van der Waals surface area contributed by atoms with Crippen LogP contribution in [0.25, 0.3) is 10.9 Å². The normalized spacial score (nSPS) is 16.9. The molecule has 0 N–H and O–H groups in total. The van der Waals surface area contributed by atoms with Crippen LogP contribution in [0.1, 0.15) is 25.7 Å². The summed E-state index contributed by atoms with van der Waals surface area (Å²) < 4.78 is 15.0. The fraction of sp³-hybridized carbons (Fsp3) is 0.308. The van der Waals surface area contributed by atoms with Crippen molar-refractivity contribution in [3.8, 4) is 0 Å². The smallest absolute Gasteiger partial charge is 0.282 e. The second kappa shape index (κ2) is 9.44. The van der Waals surface area contributed by atoms with Crippen LogP contribution in [0.2, 0.25) is 0 Å². The molecule has 2 aromatic heterocycles. The number of fused-ring (bicyclic) bond motifs is 1. The van der Waals surface area contributed by atoms with E-state index in [1.165, 1.54) is 23.5 Å². The van der Waals surface area contributed by atoms with Gasteiger partial charge in [-0.2, -0.15) is 5.10 Å². The molecule has 2 amide bonds. The van der Waals surface area contributed by atoms with E-state index in [0.29, 0.717) is 49.3 Å². The van der Waals surface area contributed by atoms with Crippen molar-refractivity contribution in [2.75, 3.05) is 39.3 Å². The predicted molar refractivity (Wildman–Crippen MR) is 135 cm³/mol. The molecule has 184 valence electrons. The number of carbonyl (C=O) groups is 2. The van der Waals surface area contributed by atoms with E-state index in [0.717, 1.165) is 29.6 Å². The van der Waals surface area contributed by atoms with Crippen molar-refractivity contribution in [2.45, 2.75) is 12.6 Å². The molecule has 2 aliphatic rings. The monoisotopic (exact) mass is 504 g/mol. The van der Waals surface area contributed by atoms with Crippen LogP contribution in [0.3, 0.4) is 0 Å². The van der Waals surface area contributed by atoms with Crippen molar-refractivity contribution in [3.63, 3.8) is 0 Å². The van der Waals surface area contributed by atoms with E-state index in [2.05, 4.69) is 15.0 Å². The van der Waals surface area contributed by atoms with Crippen LogP contribution in [0.5, 0.6) is 0 Å². The lowest BCUT2D eigenvalue weighted by Crippen LogP contribution is -2.64. The molecule has 36 heavy (non-hydrogen) atoms. The molecule has 0 unspecified atom stereocenters. The zero-order valence-electron chi connectivity index (χ0n) is 19.6. The summed E-state index contributed by atoms with van der Waals surface area (Å²) in [5.41, 5.74) is 2.36. The van der Waals surface area contributed by atoms with Crippen molar-refractivity contribution < 1.29 is 14.0 Å². The fourth-order valence-corrected chi connectivity index (χ4v) is 5.45. The Morgan fingerprint density at radius 3 is 2.47 bits per heavy atom. The maximum absolute atomic E-state index is 13.2. The summed E-state index contributed by atoms with van der Waals surface area (Å²) in [5.74, 6) is -0.241. The van der Waals surface area contributed by atoms with Gasteiger partial charge in [0, 0.05) is 74.0 Å². The molecule has 4 aromatic rings. The Labute approximate surface area is 211 Å². The zero-order chi connectivity index (χ0) is 24.6. The van der Waals surface area contributed by atoms with Crippen LogP contribution in [-0.2, 0) is 6.54 Å². The minimum Gasteiger partial charge on any atom is -0.335 e. The zero-order valence-corrected chi connectivity index (χ0v) is 20.4. The number of nitrogens with zero attached hydrogens (tertiary/aromatic N) is 6. The third-order valence-electron chi connectivity index (χ3n) is 6.94. The van der Waals surface area contributed by atoms with Gasteiger partial charge in [0.15, 0.2) is 5.01 Å². The van der Waals surface area contributed by atoms with Gasteiger partial charge < -0.3 is 9.80 Å². The first-order valence-electron chi connectivity index (χ1n) is 12.0. The van der Waals surface area contributed by atoms with Gasteiger partial charge in [-0.25, -0.2) is 9.37 Å². The maximum atomic E-state index is 13.2. The number of hydrogen-bond acceptors (Lipinski definition) is 6. The average molecular weight is 505 g/mol. The highest BCUT2D eigenvalue weighted by Crippen LogP contribution is 2.23. The summed E-state index contributed by atoms with van der Waals surface area (Å²) >= 11 is 1.37. The largest absolute Gasteiger partial charge is 0.335 e. The molecular weight excluding hydrogens is 479 g/mol. The molecule has 8 nitrogen and oxygen atoms in total. The van der Waals surface area contributed by atoms with Gasteiger partial charge in [0.05, 0.1) is 12.1 Å². The van der Waals surface area contributed by atoms with Gasteiger partial charge in [-0.1, -0.05) is 18.2 Å². The van der Waals surface area contributed by atoms with Gasteiger partial charge in [-0.15, -0.1) is 11.3 Å². The highest BCUT2D eigenvalue weighted by Gasteiger charge is 2.37. The van der Waals surface area contributed by atoms with E-state index in [1.54, 1.807) is 18.3 Å². The van der Waals surface area contributed by atoms with Crippen molar-refractivity contribution in [1.29, 1.82) is 0 Å². The molecule has 4 heterocycles.